The normalized spacial score (nSPS) is 23.8. The number of aromatic nitrogens is 1. The summed E-state index contributed by atoms with van der Waals surface area (Å²) in [4.78, 5) is 5.06. The van der Waals surface area contributed by atoms with Gasteiger partial charge in [-0.25, -0.2) is 13.8 Å². The van der Waals surface area contributed by atoms with Gasteiger partial charge in [-0.3, -0.25) is 0 Å². The zero-order chi connectivity index (χ0) is 11.9. The van der Waals surface area contributed by atoms with E-state index >= 15 is 0 Å². The molecule has 1 fully saturated rings. The summed E-state index contributed by atoms with van der Waals surface area (Å²) in [5.41, 5.74) is 0. The summed E-state index contributed by atoms with van der Waals surface area (Å²) in [5.74, 6) is -3.80. The quantitative estimate of drug-likeness (QED) is 0.576. The lowest BCUT2D eigenvalue weighted by atomic mass is 10.1. The van der Waals surface area contributed by atoms with Gasteiger partial charge in [-0.05, 0) is 28.7 Å². The van der Waals surface area contributed by atoms with Crippen molar-refractivity contribution in [1.82, 2.24) is 4.98 Å². The second kappa shape index (κ2) is 4.05. The largest absolute Gasteiger partial charge is 0.350 e. The first-order chi connectivity index (χ1) is 7.38. The Morgan fingerprint density at radius 2 is 2.19 bits per heavy atom. The first-order valence-corrected chi connectivity index (χ1v) is 5.92. The Balaban J connectivity index is 2.27. The lowest BCUT2D eigenvalue weighted by Crippen LogP contribution is -2.27. The summed E-state index contributed by atoms with van der Waals surface area (Å²) < 4.78 is 40.3. The number of alkyl halides is 2. The van der Waals surface area contributed by atoms with Crippen LogP contribution >= 0.6 is 22.6 Å². The maximum absolute atomic E-state index is 13.3. The fourth-order valence-electron chi connectivity index (χ4n) is 1.73. The van der Waals surface area contributed by atoms with Crippen molar-refractivity contribution in [2.75, 3.05) is 18.0 Å². The van der Waals surface area contributed by atoms with E-state index in [1.807, 2.05) is 22.6 Å². The van der Waals surface area contributed by atoms with Crippen LogP contribution in [0.3, 0.4) is 0 Å². The molecule has 0 aromatic carbocycles. The summed E-state index contributed by atoms with van der Waals surface area (Å²) in [6.07, 6.45) is 0. The van der Waals surface area contributed by atoms with E-state index in [4.69, 9.17) is 0 Å². The molecule has 0 saturated carbocycles. The summed E-state index contributed by atoms with van der Waals surface area (Å²) in [6, 6.07) is 2.87. The van der Waals surface area contributed by atoms with Crippen LogP contribution in [-0.2, 0) is 0 Å². The first-order valence-electron chi connectivity index (χ1n) is 4.84. The molecule has 6 heteroatoms. The molecule has 1 aromatic heterocycles. The molecule has 2 nitrogen and oxygen atoms in total. The molecule has 0 N–H and O–H groups in total. The van der Waals surface area contributed by atoms with Crippen LogP contribution in [0.15, 0.2) is 12.1 Å². The fraction of sp³-hybridized carbons (Fsp3) is 0.500. The fourth-order valence-corrected chi connectivity index (χ4v) is 2.26. The number of anilines is 1. The average Bonchev–Trinajstić information content (AvgIpc) is 2.40. The van der Waals surface area contributed by atoms with Crippen LogP contribution in [0.25, 0.3) is 0 Å². The van der Waals surface area contributed by atoms with Gasteiger partial charge in [0.05, 0.1) is 6.54 Å². The van der Waals surface area contributed by atoms with E-state index in [1.165, 1.54) is 17.9 Å². The van der Waals surface area contributed by atoms with Gasteiger partial charge in [-0.2, -0.15) is 4.39 Å². The van der Waals surface area contributed by atoms with Crippen LogP contribution in [0, 0.1) is 15.4 Å². The highest BCUT2D eigenvalue weighted by atomic mass is 127. The zero-order valence-corrected chi connectivity index (χ0v) is 10.7. The predicted octanol–water partition coefficient (Wildman–Crippen LogP) is 2.92. The molecule has 1 atom stereocenters. The van der Waals surface area contributed by atoms with Crippen molar-refractivity contribution in [3.05, 3.63) is 21.7 Å². The van der Waals surface area contributed by atoms with E-state index in [2.05, 4.69) is 4.98 Å². The number of hydrogen-bond acceptors (Lipinski definition) is 2. The third-order valence-electron chi connectivity index (χ3n) is 2.69. The lowest BCUT2D eigenvalue weighted by Gasteiger charge is -2.16. The molecule has 1 unspecified atom stereocenters. The minimum absolute atomic E-state index is 0.208. The molecule has 0 bridgehead atoms. The first kappa shape index (κ1) is 11.9. The van der Waals surface area contributed by atoms with Crippen molar-refractivity contribution < 1.29 is 13.2 Å². The van der Waals surface area contributed by atoms with Crippen LogP contribution in [0.5, 0.6) is 0 Å². The summed E-state index contributed by atoms with van der Waals surface area (Å²) in [7, 11) is 0. The highest BCUT2D eigenvalue weighted by Gasteiger charge is 2.45. The number of hydrogen-bond donors (Lipinski definition) is 0. The number of nitrogens with zero attached hydrogens (tertiary/aromatic N) is 2. The summed E-state index contributed by atoms with van der Waals surface area (Å²) in [6.45, 7) is 1.31. The monoisotopic (exact) mass is 342 g/mol. The molecule has 0 spiro atoms. The van der Waals surface area contributed by atoms with Crippen molar-refractivity contribution in [2.24, 2.45) is 5.92 Å². The Labute approximate surface area is 105 Å². The van der Waals surface area contributed by atoms with Crippen molar-refractivity contribution in [3.63, 3.8) is 0 Å². The molecule has 2 rings (SSSR count). The second-order valence-electron chi connectivity index (χ2n) is 4.01. The Morgan fingerprint density at radius 3 is 2.69 bits per heavy atom. The van der Waals surface area contributed by atoms with Gasteiger partial charge in [0.2, 0.25) is 5.95 Å². The Kier molecular flexibility index (Phi) is 3.02. The minimum atomic E-state index is -2.72. The van der Waals surface area contributed by atoms with Crippen LogP contribution in [0.1, 0.15) is 6.92 Å². The van der Waals surface area contributed by atoms with Crippen molar-refractivity contribution >= 4 is 28.4 Å². The van der Waals surface area contributed by atoms with Crippen LogP contribution in [-0.4, -0.2) is 24.0 Å². The Hall–Kier alpha value is -0.530. The Morgan fingerprint density at radius 1 is 1.50 bits per heavy atom. The van der Waals surface area contributed by atoms with Crippen molar-refractivity contribution in [1.29, 1.82) is 0 Å². The minimum Gasteiger partial charge on any atom is -0.350 e. The molecule has 2 heterocycles. The molecule has 16 heavy (non-hydrogen) atoms. The lowest BCUT2D eigenvalue weighted by molar-refractivity contribution is -0.0138. The molecule has 88 valence electrons. The van der Waals surface area contributed by atoms with Crippen LogP contribution in [0.4, 0.5) is 19.0 Å². The van der Waals surface area contributed by atoms with Gasteiger partial charge < -0.3 is 4.90 Å². The number of pyridine rings is 1. The molecule has 0 amide bonds. The Bertz CT molecular complexity index is 391. The second-order valence-corrected chi connectivity index (χ2v) is 5.25. The smallest absolute Gasteiger partial charge is 0.269 e. The average molecular weight is 342 g/mol. The molecular weight excluding hydrogens is 332 g/mol. The summed E-state index contributed by atoms with van der Waals surface area (Å²) in [5, 5.41) is 0. The van der Waals surface area contributed by atoms with Crippen LogP contribution in [0.2, 0.25) is 0 Å². The van der Waals surface area contributed by atoms with Gasteiger partial charge in [0.25, 0.3) is 5.92 Å². The number of rotatable bonds is 1. The van der Waals surface area contributed by atoms with E-state index in [-0.39, 0.29) is 18.9 Å². The van der Waals surface area contributed by atoms with Crippen LogP contribution < -0.4 is 4.90 Å². The van der Waals surface area contributed by atoms with E-state index in [0.717, 1.165) is 0 Å². The maximum Gasteiger partial charge on any atom is 0.269 e. The van der Waals surface area contributed by atoms with E-state index in [1.54, 1.807) is 6.07 Å². The van der Waals surface area contributed by atoms with Gasteiger partial charge in [0, 0.05) is 22.1 Å². The van der Waals surface area contributed by atoms with Gasteiger partial charge in [0.1, 0.15) is 5.82 Å². The highest BCUT2D eigenvalue weighted by molar-refractivity contribution is 14.1. The predicted molar refractivity (Wildman–Crippen MR) is 63.2 cm³/mol. The third kappa shape index (κ3) is 2.26. The van der Waals surface area contributed by atoms with Gasteiger partial charge in [0.15, 0.2) is 0 Å². The molecule has 0 aliphatic carbocycles. The SMILES string of the molecule is CC1CN(c2cc(I)cc(F)n2)CC1(F)F. The standard InChI is InChI=1S/C10H10F3IN2/c1-6-4-16(5-10(6,12)13)9-3-7(14)2-8(11)15-9/h2-3,6H,4-5H2,1H3. The highest BCUT2D eigenvalue weighted by Crippen LogP contribution is 2.35. The molecular formula is C10H10F3IN2. The van der Waals surface area contributed by atoms with Gasteiger partial charge >= 0.3 is 0 Å². The molecule has 0 radical (unpaired) electrons. The molecule has 1 saturated heterocycles. The third-order valence-corrected chi connectivity index (χ3v) is 3.31. The molecule has 1 aliphatic rings. The van der Waals surface area contributed by atoms with Gasteiger partial charge in [-0.15, -0.1) is 0 Å². The number of halogens is 4. The van der Waals surface area contributed by atoms with E-state index < -0.39 is 17.8 Å². The van der Waals surface area contributed by atoms with Crippen molar-refractivity contribution in [3.8, 4) is 0 Å². The topological polar surface area (TPSA) is 16.1 Å². The van der Waals surface area contributed by atoms with Gasteiger partial charge in [-0.1, -0.05) is 6.92 Å². The molecule has 1 aromatic rings. The zero-order valence-electron chi connectivity index (χ0n) is 8.55. The molecule has 1 aliphatic heterocycles. The van der Waals surface area contributed by atoms with E-state index in [9.17, 15) is 13.2 Å². The summed E-state index contributed by atoms with van der Waals surface area (Å²) >= 11 is 1.94. The maximum atomic E-state index is 13.3. The van der Waals surface area contributed by atoms with Crippen molar-refractivity contribution in [2.45, 2.75) is 12.8 Å². The van der Waals surface area contributed by atoms with E-state index in [0.29, 0.717) is 3.57 Å².